The maximum absolute atomic E-state index is 14.3. The van der Waals surface area contributed by atoms with E-state index in [0.29, 0.717) is 17.9 Å². The Kier molecular flexibility index (Phi) is 10.5. The van der Waals surface area contributed by atoms with E-state index in [1.54, 1.807) is 37.3 Å². The highest BCUT2D eigenvalue weighted by atomic mass is 32.2. The van der Waals surface area contributed by atoms with E-state index in [0.717, 1.165) is 9.87 Å². The maximum atomic E-state index is 14.3. The number of sulfonamides is 1. The lowest BCUT2D eigenvalue weighted by Gasteiger charge is -2.33. The molecular formula is C33H34FN3O5S. The van der Waals surface area contributed by atoms with E-state index in [4.69, 9.17) is 4.74 Å². The number of amides is 2. The standard InChI is InChI=1S/C33H34FN3O5S/c1-3-35-33(39)31(22-25-10-6-4-7-11-25)36(23-26-14-16-27(34)17-15-26)32(38)24-37(28-12-8-5-9-13-28)43(40,41)30-20-18-29(42-2)19-21-30/h4-21,31H,3,22-24H2,1-2H3,(H,35,39). The summed E-state index contributed by atoms with van der Waals surface area (Å²) in [7, 11) is -2.74. The number of halogens is 1. The predicted octanol–water partition coefficient (Wildman–Crippen LogP) is 4.81. The van der Waals surface area contributed by atoms with Crippen LogP contribution in [0, 0.1) is 5.82 Å². The molecule has 0 spiro atoms. The van der Waals surface area contributed by atoms with Crippen molar-refractivity contribution in [2.24, 2.45) is 0 Å². The van der Waals surface area contributed by atoms with Gasteiger partial charge in [-0.2, -0.15) is 0 Å². The summed E-state index contributed by atoms with van der Waals surface area (Å²) in [4.78, 5) is 29.1. The summed E-state index contributed by atoms with van der Waals surface area (Å²) >= 11 is 0. The number of likely N-dealkylation sites (N-methyl/N-ethyl adjacent to an activating group) is 1. The third-order valence-electron chi connectivity index (χ3n) is 6.86. The van der Waals surface area contributed by atoms with Gasteiger partial charge in [0.15, 0.2) is 0 Å². The Morgan fingerprint density at radius 3 is 2.02 bits per heavy atom. The summed E-state index contributed by atoms with van der Waals surface area (Å²) in [6.07, 6.45) is 0.191. The quantitative estimate of drug-likeness (QED) is 0.237. The number of carbonyl (C=O) groups excluding carboxylic acids is 2. The Balaban J connectivity index is 1.77. The van der Waals surface area contributed by atoms with Crippen molar-refractivity contribution in [3.8, 4) is 5.75 Å². The van der Waals surface area contributed by atoms with Gasteiger partial charge in [0.25, 0.3) is 10.0 Å². The molecule has 43 heavy (non-hydrogen) atoms. The lowest BCUT2D eigenvalue weighted by atomic mass is 10.0. The summed E-state index contributed by atoms with van der Waals surface area (Å²) < 4.78 is 47.9. The van der Waals surface area contributed by atoms with Crippen molar-refractivity contribution in [1.29, 1.82) is 0 Å². The molecule has 0 fully saturated rings. The van der Waals surface area contributed by atoms with E-state index < -0.39 is 34.3 Å². The van der Waals surface area contributed by atoms with E-state index >= 15 is 0 Å². The minimum atomic E-state index is -4.22. The summed E-state index contributed by atoms with van der Waals surface area (Å²) in [5, 5.41) is 2.81. The Morgan fingerprint density at radius 2 is 1.44 bits per heavy atom. The van der Waals surface area contributed by atoms with Crippen molar-refractivity contribution in [3.05, 3.63) is 126 Å². The highest BCUT2D eigenvalue weighted by Gasteiger charge is 2.34. The van der Waals surface area contributed by atoms with Crippen LogP contribution in [0.3, 0.4) is 0 Å². The van der Waals surface area contributed by atoms with Gasteiger partial charge in [-0.05, 0) is 66.6 Å². The number of methoxy groups -OCH3 is 1. The highest BCUT2D eigenvalue weighted by Crippen LogP contribution is 2.26. The molecule has 1 N–H and O–H groups in total. The van der Waals surface area contributed by atoms with Gasteiger partial charge >= 0.3 is 0 Å². The molecule has 8 nitrogen and oxygen atoms in total. The number of para-hydroxylation sites is 1. The molecule has 0 radical (unpaired) electrons. The van der Waals surface area contributed by atoms with Crippen LogP contribution in [0.4, 0.5) is 10.1 Å². The monoisotopic (exact) mass is 603 g/mol. The summed E-state index contributed by atoms with van der Waals surface area (Å²) in [6.45, 7) is 1.50. The van der Waals surface area contributed by atoms with Crippen LogP contribution in [0.5, 0.6) is 5.75 Å². The van der Waals surface area contributed by atoms with Gasteiger partial charge in [0.2, 0.25) is 11.8 Å². The van der Waals surface area contributed by atoms with Gasteiger partial charge in [-0.15, -0.1) is 0 Å². The normalized spacial score (nSPS) is 11.8. The van der Waals surface area contributed by atoms with Crippen LogP contribution in [0.25, 0.3) is 0 Å². The Morgan fingerprint density at radius 1 is 0.837 bits per heavy atom. The van der Waals surface area contributed by atoms with Crippen LogP contribution >= 0.6 is 0 Å². The SMILES string of the molecule is CCNC(=O)C(Cc1ccccc1)N(Cc1ccc(F)cc1)C(=O)CN(c1ccccc1)S(=O)(=O)c1ccc(OC)cc1. The summed E-state index contributed by atoms with van der Waals surface area (Å²) in [5.41, 5.74) is 1.69. The Bertz CT molecular complexity index is 1600. The Labute approximate surface area is 251 Å². The van der Waals surface area contributed by atoms with E-state index in [1.165, 1.54) is 60.5 Å². The molecule has 0 saturated carbocycles. The molecule has 10 heteroatoms. The molecule has 4 aromatic rings. The van der Waals surface area contributed by atoms with Gasteiger partial charge in [-0.3, -0.25) is 13.9 Å². The van der Waals surface area contributed by atoms with Crippen molar-refractivity contribution < 1.29 is 27.1 Å². The van der Waals surface area contributed by atoms with Crippen molar-refractivity contribution in [3.63, 3.8) is 0 Å². The molecule has 4 rings (SSSR count). The molecular weight excluding hydrogens is 569 g/mol. The van der Waals surface area contributed by atoms with Crippen LogP contribution in [0.2, 0.25) is 0 Å². The first-order chi connectivity index (χ1) is 20.7. The fraction of sp³-hybridized carbons (Fsp3) is 0.212. The topological polar surface area (TPSA) is 96.0 Å². The summed E-state index contributed by atoms with van der Waals surface area (Å²) in [5.74, 6) is -0.937. The van der Waals surface area contributed by atoms with Crippen molar-refractivity contribution in [1.82, 2.24) is 10.2 Å². The first kappa shape index (κ1) is 31.2. The fourth-order valence-electron chi connectivity index (χ4n) is 4.63. The van der Waals surface area contributed by atoms with Gasteiger partial charge in [-0.25, -0.2) is 12.8 Å². The lowest BCUT2D eigenvalue weighted by Crippen LogP contribution is -2.53. The second kappa shape index (κ2) is 14.5. The smallest absolute Gasteiger partial charge is 0.264 e. The minimum Gasteiger partial charge on any atom is -0.497 e. The minimum absolute atomic E-state index is 0.0281. The van der Waals surface area contributed by atoms with Gasteiger partial charge < -0.3 is 15.0 Å². The largest absolute Gasteiger partial charge is 0.497 e. The van der Waals surface area contributed by atoms with Crippen molar-refractivity contribution in [2.45, 2.75) is 30.8 Å². The Hall–Kier alpha value is -4.70. The highest BCUT2D eigenvalue weighted by molar-refractivity contribution is 7.92. The zero-order chi connectivity index (χ0) is 30.8. The third kappa shape index (κ3) is 7.98. The molecule has 1 unspecified atom stereocenters. The van der Waals surface area contributed by atoms with E-state index in [2.05, 4.69) is 5.32 Å². The molecule has 0 aliphatic rings. The van der Waals surface area contributed by atoms with Gasteiger partial charge in [-0.1, -0.05) is 60.7 Å². The van der Waals surface area contributed by atoms with Crippen LogP contribution in [-0.4, -0.2) is 51.4 Å². The third-order valence-corrected chi connectivity index (χ3v) is 8.65. The molecule has 2 amide bonds. The molecule has 4 aromatic carbocycles. The molecule has 0 heterocycles. The molecule has 0 aliphatic carbocycles. The first-order valence-electron chi connectivity index (χ1n) is 13.8. The molecule has 0 saturated heterocycles. The number of nitrogens with one attached hydrogen (secondary N) is 1. The maximum Gasteiger partial charge on any atom is 0.264 e. The van der Waals surface area contributed by atoms with Crippen LogP contribution in [0.15, 0.2) is 114 Å². The number of anilines is 1. The van der Waals surface area contributed by atoms with E-state index in [-0.39, 0.29) is 29.5 Å². The number of hydrogen-bond acceptors (Lipinski definition) is 5. The number of hydrogen-bond donors (Lipinski definition) is 1. The molecule has 0 bridgehead atoms. The molecule has 0 aromatic heterocycles. The fourth-order valence-corrected chi connectivity index (χ4v) is 6.04. The number of benzene rings is 4. The van der Waals surface area contributed by atoms with Crippen LogP contribution < -0.4 is 14.4 Å². The van der Waals surface area contributed by atoms with Crippen LogP contribution in [-0.2, 0) is 32.6 Å². The van der Waals surface area contributed by atoms with E-state index in [9.17, 15) is 22.4 Å². The van der Waals surface area contributed by atoms with Gasteiger partial charge in [0, 0.05) is 19.5 Å². The van der Waals surface area contributed by atoms with Gasteiger partial charge in [0.1, 0.15) is 24.2 Å². The number of carbonyl (C=O) groups is 2. The zero-order valence-corrected chi connectivity index (χ0v) is 24.8. The van der Waals surface area contributed by atoms with E-state index in [1.807, 2.05) is 30.3 Å². The molecule has 0 aliphatic heterocycles. The number of ether oxygens (including phenoxy) is 1. The predicted molar refractivity (Wildman–Crippen MR) is 164 cm³/mol. The molecule has 224 valence electrons. The number of nitrogens with zero attached hydrogens (tertiary/aromatic N) is 2. The lowest BCUT2D eigenvalue weighted by molar-refractivity contribution is -0.140. The zero-order valence-electron chi connectivity index (χ0n) is 24.0. The first-order valence-corrected chi connectivity index (χ1v) is 15.2. The van der Waals surface area contributed by atoms with Crippen molar-refractivity contribution in [2.75, 3.05) is 24.5 Å². The second-order valence-electron chi connectivity index (χ2n) is 9.77. The average molecular weight is 604 g/mol. The average Bonchev–Trinajstić information content (AvgIpc) is 3.03. The van der Waals surface area contributed by atoms with Gasteiger partial charge in [0.05, 0.1) is 17.7 Å². The molecule has 1 atom stereocenters. The summed E-state index contributed by atoms with van der Waals surface area (Å²) in [6, 6.07) is 28.1. The second-order valence-corrected chi connectivity index (χ2v) is 11.6. The van der Waals surface area contributed by atoms with Crippen LogP contribution in [0.1, 0.15) is 18.1 Å². The van der Waals surface area contributed by atoms with Crippen molar-refractivity contribution >= 4 is 27.5 Å². The number of rotatable bonds is 13.